The van der Waals surface area contributed by atoms with Crippen LogP contribution in [0.3, 0.4) is 0 Å². The van der Waals surface area contributed by atoms with Gasteiger partial charge < -0.3 is 9.80 Å². The van der Waals surface area contributed by atoms with Gasteiger partial charge in [-0.1, -0.05) is 0 Å². The van der Waals surface area contributed by atoms with Crippen molar-refractivity contribution in [3.63, 3.8) is 0 Å². The summed E-state index contributed by atoms with van der Waals surface area (Å²) in [6, 6.07) is 7.95. The number of nitrogens with zero attached hydrogens (tertiary/aromatic N) is 1. The number of nitro groups is 1. The zero-order valence-electron chi connectivity index (χ0n) is 13.9. The van der Waals surface area contributed by atoms with E-state index in [4.69, 9.17) is 0 Å². The zero-order valence-corrected chi connectivity index (χ0v) is 13.9. The lowest BCUT2D eigenvalue weighted by atomic mass is 10.0. The third-order valence-corrected chi connectivity index (χ3v) is 5.62. The Bertz CT molecular complexity index is 502. The van der Waals surface area contributed by atoms with Crippen molar-refractivity contribution in [3.05, 3.63) is 39.9 Å². The number of non-ortho nitro benzene ring substituents is 1. The molecule has 2 N–H and O–H groups in total. The average Bonchev–Trinajstić information content (AvgIpc) is 2.85. The first kappa shape index (κ1) is 16.4. The first-order valence-corrected chi connectivity index (χ1v) is 9.14. The molecule has 2 heterocycles. The lowest BCUT2D eigenvalue weighted by molar-refractivity contribution is -0.963. The van der Waals surface area contributed by atoms with Gasteiger partial charge in [-0.15, -0.1) is 0 Å². The lowest BCUT2D eigenvalue weighted by Crippen LogP contribution is -3.20. The van der Waals surface area contributed by atoms with Crippen molar-refractivity contribution < 1.29 is 14.7 Å². The second kappa shape index (κ2) is 7.88. The molecule has 2 saturated heterocycles. The molecule has 0 aliphatic carbocycles. The van der Waals surface area contributed by atoms with Crippen LogP contribution in [0.5, 0.6) is 0 Å². The molecule has 0 unspecified atom stereocenters. The van der Waals surface area contributed by atoms with Gasteiger partial charge in [-0.3, -0.25) is 10.1 Å². The van der Waals surface area contributed by atoms with Crippen LogP contribution in [0.1, 0.15) is 44.1 Å². The standard InChI is InChI=1S/C18H27N3O2/c22-21(23)18-7-5-16(6-8-18)15-19-13-9-17(10-14-19)20-11-3-1-2-4-12-20/h5-8,17H,1-4,9-15H2/p+2. The van der Waals surface area contributed by atoms with Gasteiger partial charge in [0, 0.05) is 30.5 Å². The summed E-state index contributed by atoms with van der Waals surface area (Å²) in [6.45, 7) is 6.24. The second-order valence-electron chi connectivity index (χ2n) is 7.20. The molecule has 0 aromatic heterocycles. The predicted molar refractivity (Wildman–Crippen MR) is 89.7 cm³/mol. The van der Waals surface area contributed by atoms with E-state index in [1.165, 1.54) is 70.3 Å². The van der Waals surface area contributed by atoms with E-state index in [9.17, 15) is 10.1 Å². The Morgan fingerprint density at radius 2 is 1.57 bits per heavy atom. The van der Waals surface area contributed by atoms with E-state index < -0.39 is 0 Å². The average molecular weight is 319 g/mol. The van der Waals surface area contributed by atoms with Crippen LogP contribution in [-0.2, 0) is 6.54 Å². The highest BCUT2D eigenvalue weighted by Crippen LogP contribution is 2.11. The van der Waals surface area contributed by atoms with E-state index in [-0.39, 0.29) is 10.6 Å². The third kappa shape index (κ3) is 4.52. The SMILES string of the molecule is O=[N+]([O-])c1ccc(C[NH+]2CCC([NH+]3CCCCCC3)CC2)cc1. The summed E-state index contributed by atoms with van der Waals surface area (Å²) in [7, 11) is 0. The summed E-state index contributed by atoms with van der Waals surface area (Å²) in [4.78, 5) is 13.9. The molecule has 0 bridgehead atoms. The fourth-order valence-corrected chi connectivity index (χ4v) is 4.23. The Labute approximate surface area is 138 Å². The Hall–Kier alpha value is -1.46. The first-order chi connectivity index (χ1) is 11.2. The molecule has 126 valence electrons. The minimum absolute atomic E-state index is 0.187. The molecule has 2 aliphatic heterocycles. The van der Waals surface area contributed by atoms with Gasteiger partial charge in [0.1, 0.15) is 6.54 Å². The van der Waals surface area contributed by atoms with Gasteiger partial charge in [0.2, 0.25) is 0 Å². The van der Waals surface area contributed by atoms with E-state index in [0.717, 1.165) is 12.6 Å². The molecule has 0 radical (unpaired) electrons. The number of nitrogens with one attached hydrogen (secondary N) is 2. The van der Waals surface area contributed by atoms with Crippen molar-refractivity contribution in [2.24, 2.45) is 0 Å². The molecule has 23 heavy (non-hydrogen) atoms. The van der Waals surface area contributed by atoms with E-state index in [2.05, 4.69) is 0 Å². The highest BCUT2D eigenvalue weighted by Gasteiger charge is 2.30. The molecule has 1 aromatic carbocycles. The zero-order chi connectivity index (χ0) is 16.1. The van der Waals surface area contributed by atoms with Crippen LogP contribution >= 0.6 is 0 Å². The van der Waals surface area contributed by atoms with Crippen molar-refractivity contribution >= 4 is 5.69 Å². The molecule has 0 spiro atoms. The van der Waals surface area contributed by atoms with E-state index in [1.807, 2.05) is 17.0 Å². The van der Waals surface area contributed by atoms with Crippen molar-refractivity contribution in [1.29, 1.82) is 0 Å². The Kier molecular flexibility index (Phi) is 5.62. The van der Waals surface area contributed by atoms with Crippen molar-refractivity contribution in [3.8, 4) is 0 Å². The summed E-state index contributed by atoms with van der Waals surface area (Å²) in [5.74, 6) is 0. The first-order valence-electron chi connectivity index (χ1n) is 9.14. The topological polar surface area (TPSA) is 52.0 Å². The van der Waals surface area contributed by atoms with E-state index >= 15 is 0 Å². The van der Waals surface area contributed by atoms with Gasteiger partial charge in [-0.25, -0.2) is 0 Å². The summed E-state index contributed by atoms with van der Waals surface area (Å²) in [5, 5.41) is 10.7. The molecule has 2 fully saturated rings. The summed E-state index contributed by atoms with van der Waals surface area (Å²) >= 11 is 0. The summed E-state index contributed by atoms with van der Waals surface area (Å²) in [5.41, 5.74) is 1.40. The lowest BCUT2D eigenvalue weighted by Gasteiger charge is -2.34. The molecular formula is C18H29N3O2+2. The fraction of sp³-hybridized carbons (Fsp3) is 0.667. The van der Waals surface area contributed by atoms with Crippen LogP contribution in [0.4, 0.5) is 5.69 Å². The van der Waals surface area contributed by atoms with Crippen molar-refractivity contribution in [1.82, 2.24) is 0 Å². The quantitative estimate of drug-likeness (QED) is 0.631. The van der Waals surface area contributed by atoms with Gasteiger partial charge in [-0.05, 0) is 37.8 Å². The molecule has 2 aliphatic rings. The number of piperidine rings is 1. The number of rotatable bonds is 4. The van der Waals surface area contributed by atoms with E-state index in [1.54, 1.807) is 17.0 Å². The molecule has 5 nitrogen and oxygen atoms in total. The Morgan fingerprint density at radius 1 is 0.957 bits per heavy atom. The fourth-order valence-electron chi connectivity index (χ4n) is 4.23. The van der Waals surface area contributed by atoms with Crippen molar-refractivity contribution in [2.75, 3.05) is 26.2 Å². The molecule has 0 amide bonds. The van der Waals surface area contributed by atoms with Gasteiger partial charge >= 0.3 is 0 Å². The van der Waals surface area contributed by atoms with Crippen molar-refractivity contribution in [2.45, 2.75) is 51.1 Å². The molecule has 1 aromatic rings. The van der Waals surface area contributed by atoms with Crippen LogP contribution in [0.15, 0.2) is 24.3 Å². The molecule has 5 heteroatoms. The summed E-state index contributed by atoms with van der Waals surface area (Å²) < 4.78 is 0. The van der Waals surface area contributed by atoms with Gasteiger partial charge in [-0.2, -0.15) is 0 Å². The Balaban J connectivity index is 1.47. The number of likely N-dealkylation sites (tertiary alicyclic amines) is 2. The van der Waals surface area contributed by atoms with Crippen LogP contribution in [0.2, 0.25) is 0 Å². The minimum atomic E-state index is -0.327. The van der Waals surface area contributed by atoms with Crippen LogP contribution in [0, 0.1) is 10.1 Å². The maximum atomic E-state index is 10.7. The van der Waals surface area contributed by atoms with Gasteiger partial charge in [0.15, 0.2) is 0 Å². The van der Waals surface area contributed by atoms with Crippen LogP contribution in [0.25, 0.3) is 0 Å². The van der Waals surface area contributed by atoms with Crippen LogP contribution in [-0.4, -0.2) is 37.1 Å². The minimum Gasteiger partial charge on any atom is -0.332 e. The molecule has 3 rings (SSSR count). The smallest absolute Gasteiger partial charge is 0.269 e. The van der Waals surface area contributed by atoms with Gasteiger partial charge in [0.25, 0.3) is 5.69 Å². The maximum absolute atomic E-state index is 10.7. The normalized spacial score (nSPS) is 26.6. The maximum Gasteiger partial charge on any atom is 0.269 e. The second-order valence-corrected chi connectivity index (χ2v) is 7.20. The molecule has 0 saturated carbocycles. The predicted octanol–water partition coefficient (Wildman–Crippen LogP) is 0.601. The number of hydrogen-bond acceptors (Lipinski definition) is 2. The highest BCUT2D eigenvalue weighted by molar-refractivity contribution is 5.32. The number of quaternary nitrogens is 2. The number of nitro benzene ring substituents is 1. The van der Waals surface area contributed by atoms with E-state index in [0.29, 0.717) is 0 Å². The largest absolute Gasteiger partial charge is 0.332 e. The van der Waals surface area contributed by atoms with Crippen LogP contribution < -0.4 is 9.80 Å². The number of benzene rings is 1. The molecule has 0 atom stereocenters. The third-order valence-electron chi connectivity index (χ3n) is 5.62. The van der Waals surface area contributed by atoms with Gasteiger partial charge in [0.05, 0.1) is 37.1 Å². The monoisotopic (exact) mass is 319 g/mol. The molecular weight excluding hydrogens is 290 g/mol. The Morgan fingerprint density at radius 3 is 2.13 bits per heavy atom. The summed E-state index contributed by atoms with van der Waals surface area (Å²) in [6.07, 6.45) is 8.33. The highest BCUT2D eigenvalue weighted by atomic mass is 16.6. The number of hydrogen-bond donors (Lipinski definition) is 2.